The molecule has 0 atom stereocenters. The molecule has 5 nitrogen and oxygen atoms in total. The van der Waals surface area contributed by atoms with Crippen LogP contribution in [0.5, 0.6) is 0 Å². The first-order valence-electron chi connectivity index (χ1n) is 8.17. The highest BCUT2D eigenvalue weighted by molar-refractivity contribution is 7.15. The zero-order valence-electron chi connectivity index (χ0n) is 13.7. The average Bonchev–Trinajstić information content (AvgIpc) is 3.04. The molecule has 6 heteroatoms. The molecule has 0 bridgehead atoms. The maximum Gasteiger partial charge on any atom is 0.192 e. The Bertz CT molecular complexity index is 870. The van der Waals surface area contributed by atoms with Crippen molar-refractivity contribution < 1.29 is 4.42 Å². The number of nitrogen functional groups attached to an aromatic ring is 1. The minimum Gasteiger partial charge on any atom is -0.441 e. The number of anilines is 1. The van der Waals surface area contributed by atoms with Gasteiger partial charge < -0.3 is 10.2 Å². The van der Waals surface area contributed by atoms with Gasteiger partial charge in [0.1, 0.15) is 5.52 Å². The van der Waals surface area contributed by atoms with Gasteiger partial charge in [0, 0.05) is 37.9 Å². The molecule has 1 aliphatic rings. The molecule has 0 spiro atoms. The summed E-state index contributed by atoms with van der Waals surface area (Å²) in [7, 11) is 0. The number of rotatable bonds is 3. The molecular formula is C18H20N4OS. The van der Waals surface area contributed by atoms with Crippen LogP contribution in [-0.2, 0) is 12.8 Å². The van der Waals surface area contributed by atoms with Crippen molar-refractivity contribution in [2.75, 3.05) is 25.4 Å². The first-order valence-corrected chi connectivity index (χ1v) is 8.99. The summed E-state index contributed by atoms with van der Waals surface area (Å²) in [6, 6.07) is 6.11. The minimum absolute atomic E-state index is 0.701. The smallest absolute Gasteiger partial charge is 0.192 e. The van der Waals surface area contributed by atoms with Crippen molar-refractivity contribution in [1.29, 1.82) is 0 Å². The van der Waals surface area contributed by atoms with Crippen LogP contribution in [-0.4, -0.2) is 34.5 Å². The maximum absolute atomic E-state index is 5.80. The molecule has 1 aliphatic heterocycles. The van der Waals surface area contributed by atoms with Crippen molar-refractivity contribution in [3.8, 4) is 0 Å². The van der Waals surface area contributed by atoms with Crippen LogP contribution in [0.2, 0.25) is 0 Å². The van der Waals surface area contributed by atoms with Gasteiger partial charge in [0.2, 0.25) is 0 Å². The summed E-state index contributed by atoms with van der Waals surface area (Å²) in [5.74, 6) is 0.706. The lowest BCUT2D eigenvalue weighted by Gasteiger charge is -2.17. The third-order valence-corrected chi connectivity index (χ3v) is 5.29. The van der Waals surface area contributed by atoms with E-state index in [0.29, 0.717) is 11.0 Å². The quantitative estimate of drug-likeness (QED) is 0.792. The van der Waals surface area contributed by atoms with E-state index >= 15 is 0 Å². The molecule has 0 radical (unpaired) electrons. The lowest BCUT2D eigenvalue weighted by atomic mass is 10.2. The summed E-state index contributed by atoms with van der Waals surface area (Å²) in [6.45, 7) is 4.90. The molecule has 4 rings (SSSR count). The molecule has 0 unspecified atom stereocenters. The van der Waals surface area contributed by atoms with Gasteiger partial charge >= 0.3 is 0 Å². The van der Waals surface area contributed by atoms with Crippen LogP contribution < -0.4 is 5.73 Å². The number of fused-ring (bicyclic) bond motifs is 2. The first-order chi connectivity index (χ1) is 11.7. The van der Waals surface area contributed by atoms with Gasteiger partial charge in [-0.3, -0.25) is 4.90 Å². The Kier molecular flexibility index (Phi) is 4.08. The van der Waals surface area contributed by atoms with Gasteiger partial charge in [0.15, 0.2) is 16.6 Å². The highest BCUT2D eigenvalue weighted by Crippen LogP contribution is 2.24. The van der Waals surface area contributed by atoms with Crippen molar-refractivity contribution in [3.05, 3.63) is 46.3 Å². The fraction of sp³-hybridized carbons (Fsp3) is 0.333. The van der Waals surface area contributed by atoms with Gasteiger partial charge in [-0.1, -0.05) is 18.2 Å². The van der Waals surface area contributed by atoms with Crippen molar-refractivity contribution in [2.24, 2.45) is 0 Å². The van der Waals surface area contributed by atoms with Gasteiger partial charge in [0.25, 0.3) is 0 Å². The van der Waals surface area contributed by atoms with Crippen molar-refractivity contribution in [3.63, 3.8) is 0 Å². The number of aryl methyl sites for hydroxylation is 1. The molecule has 0 aliphatic carbocycles. The van der Waals surface area contributed by atoms with Crippen LogP contribution in [0, 0.1) is 6.92 Å². The van der Waals surface area contributed by atoms with Gasteiger partial charge in [0.05, 0.1) is 5.69 Å². The number of hydrogen-bond donors (Lipinski definition) is 1. The van der Waals surface area contributed by atoms with Crippen LogP contribution >= 0.6 is 11.3 Å². The largest absolute Gasteiger partial charge is 0.441 e. The lowest BCUT2D eigenvalue weighted by molar-refractivity contribution is 0.318. The molecule has 0 fully saturated rings. The van der Waals surface area contributed by atoms with Crippen LogP contribution in [0.1, 0.15) is 22.0 Å². The number of oxazole rings is 1. The summed E-state index contributed by atoms with van der Waals surface area (Å²) in [5, 5.41) is 0.701. The Labute approximate surface area is 144 Å². The van der Waals surface area contributed by atoms with Crippen molar-refractivity contribution in [1.82, 2.24) is 14.9 Å². The summed E-state index contributed by atoms with van der Waals surface area (Å²) in [5.41, 5.74) is 9.90. The summed E-state index contributed by atoms with van der Waals surface area (Å²) < 4.78 is 5.51. The summed E-state index contributed by atoms with van der Waals surface area (Å²) in [4.78, 5) is 12.6. The average molecular weight is 340 g/mol. The van der Waals surface area contributed by atoms with Gasteiger partial charge in [-0.25, -0.2) is 9.97 Å². The fourth-order valence-corrected chi connectivity index (χ4v) is 3.98. The van der Waals surface area contributed by atoms with E-state index in [1.807, 2.05) is 13.0 Å². The topological polar surface area (TPSA) is 68.2 Å². The lowest BCUT2D eigenvalue weighted by Crippen LogP contribution is -2.26. The summed E-state index contributed by atoms with van der Waals surface area (Å²) >= 11 is 1.64. The first kappa shape index (κ1) is 15.4. The van der Waals surface area contributed by atoms with E-state index in [0.717, 1.165) is 49.1 Å². The molecule has 0 saturated carbocycles. The van der Waals surface area contributed by atoms with E-state index in [1.54, 1.807) is 11.3 Å². The molecule has 0 amide bonds. The number of hydrogen-bond acceptors (Lipinski definition) is 6. The van der Waals surface area contributed by atoms with Crippen LogP contribution in [0.15, 0.2) is 28.7 Å². The molecule has 124 valence electrons. The third kappa shape index (κ3) is 3.20. The number of thiazole rings is 1. The Hall–Kier alpha value is -2.18. The van der Waals surface area contributed by atoms with Gasteiger partial charge in [-0.2, -0.15) is 0 Å². The van der Waals surface area contributed by atoms with Gasteiger partial charge in [-0.15, -0.1) is 11.3 Å². The molecule has 2 aromatic heterocycles. The normalized spacial score (nSPS) is 15.9. The van der Waals surface area contributed by atoms with Crippen LogP contribution in [0.4, 0.5) is 5.13 Å². The Morgan fingerprint density at radius 1 is 1.29 bits per heavy atom. The molecule has 3 aromatic rings. The number of benzene rings is 1. The predicted molar refractivity (Wildman–Crippen MR) is 98.2 cm³/mol. The zero-order chi connectivity index (χ0) is 16.5. The third-order valence-electron chi connectivity index (χ3n) is 4.31. The maximum atomic E-state index is 5.80. The van der Waals surface area contributed by atoms with Crippen molar-refractivity contribution >= 4 is 33.6 Å². The Morgan fingerprint density at radius 3 is 3.08 bits per heavy atom. The van der Waals surface area contributed by atoms with E-state index in [-0.39, 0.29) is 0 Å². The number of aromatic nitrogens is 2. The minimum atomic E-state index is 0.701. The highest BCUT2D eigenvalue weighted by Gasteiger charge is 2.16. The molecule has 3 heterocycles. The predicted octanol–water partition coefficient (Wildman–Crippen LogP) is 3.29. The summed E-state index contributed by atoms with van der Waals surface area (Å²) in [6.07, 6.45) is 6.40. The second-order valence-electron chi connectivity index (χ2n) is 6.08. The standard InChI is InChI=1S/C18H20N4OS/c1-12-20-15-11-13(4-5-16(15)23-12)3-2-8-22-9-6-14-17(7-10-22)24-18(19)21-14/h2-5,11H,6-10H2,1H3,(H2,19,21)/b3-2+. The monoisotopic (exact) mass is 340 g/mol. The van der Waals surface area contributed by atoms with E-state index < -0.39 is 0 Å². The second-order valence-corrected chi connectivity index (χ2v) is 7.20. The second kappa shape index (κ2) is 6.37. The molecule has 0 saturated heterocycles. The molecule has 24 heavy (non-hydrogen) atoms. The van der Waals surface area contributed by atoms with E-state index in [4.69, 9.17) is 10.2 Å². The van der Waals surface area contributed by atoms with E-state index in [2.05, 4.69) is 39.2 Å². The fourth-order valence-electron chi connectivity index (χ4n) is 3.11. The Morgan fingerprint density at radius 2 is 2.17 bits per heavy atom. The molecule has 1 aromatic carbocycles. The zero-order valence-corrected chi connectivity index (χ0v) is 14.5. The van der Waals surface area contributed by atoms with E-state index in [9.17, 15) is 0 Å². The van der Waals surface area contributed by atoms with Gasteiger partial charge in [-0.05, 0) is 24.1 Å². The van der Waals surface area contributed by atoms with E-state index in [1.165, 1.54) is 10.6 Å². The highest BCUT2D eigenvalue weighted by atomic mass is 32.1. The number of nitrogens with two attached hydrogens (primary N) is 1. The molecular weight excluding hydrogens is 320 g/mol. The molecule has 2 N–H and O–H groups in total. The van der Waals surface area contributed by atoms with Crippen molar-refractivity contribution in [2.45, 2.75) is 19.8 Å². The SMILES string of the molecule is Cc1nc2cc(/C=C/CN3CCc4nc(N)sc4CC3)ccc2o1. The van der Waals surface area contributed by atoms with Crippen LogP contribution in [0.25, 0.3) is 17.2 Å². The number of nitrogens with zero attached hydrogens (tertiary/aromatic N) is 3. The Balaban J connectivity index is 1.39. The van der Waals surface area contributed by atoms with Crippen LogP contribution in [0.3, 0.4) is 0 Å².